The molecule has 0 heterocycles. The van der Waals surface area contributed by atoms with Crippen molar-refractivity contribution in [3.63, 3.8) is 0 Å². The summed E-state index contributed by atoms with van der Waals surface area (Å²) in [6.45, 7) is 16.4. The predicted octanol–water partition coefficient (Wildman–Crippen LogP) is 2.22. The minimum atomic E-state index is -1.81. The van der Waals surface area contributed by atoms with Crippen molar-refractivity contribution in [2.24, 2.45) is 0 Å². The summed E-state index contributed by atoms with van der Waals surface area (Å²) in [5.74, 6) is -2.29. The molecule has 0 aliphatic heterocycles. The second-order valence-corrected chi connectivity index (χ2v) is 6.94. The average Bonchev–Trinajstić information content (AvgIpc) is 2.60. The summed E-state index contributed by atoms with van der Waals surface area (Å²) in [4.78, 5) is 47.7. The van der Waals surface area contributed by atoms with Crippen LogP contribution >= 0.6 is 0 Å². The summed E-state index contributed by atoms with van der Waals surface area (Å²) < 4.78 is 20.6. The Kier molecular flexibility index (Phi) is 10.4. The number of carbonyl (C=O) groups excluding carboxylic acids is 4. The van der Waals surface area contributed by atoms with Gasteiger partial charge in [0.1, 0.15) is 19.8 Å². The first-order valence-electron chi connectivity index (χ1n) is 8.77. The number of amides is 1. The van der Waals surface area contributed by atoms with E-state index < -0.39 is 49.4 Å². The molecule has 0 aromatic carbocycles. The highest BCUT2D eigenvalue weighted by molar-refractivity contribution is 5.88. The highest BCUT2D eigenvalue weighted by Gasteiger charge is 2.40. The Labute approximate surface area is 170 Å². The molecule has 0 aromatic heterocycles. The largest absolute Gasteiger partial charge is 0.458 e. The third-order valence-electron chi connectivity index (χ3n) is 3.16. The second-order valence-electron chi connectivity index (χ2n) is 6.94. The summed E-state index contributed by atoms with van der Waals surface area (Å²) in [6, 6.07) is -0.269. The molecule has 0 fully saturated rings. The molecular formula is C20H29NO8. The van der Waals surface area contributed by atoms with Crippen molar-refractivity contribution in [3.8, 4) is 0 Å². The number of carbonyl (C=O) groups is 4. The molecule has 0 saturated carbocycles. The third kappa shape index (κ3) is 10.1. The van der Waals surface area contributed by atoms with Crippen LogP contribution in [0.3, 0.4) is 0 Å². The van der Waals surface area contributed by atoms with Crippen LogP contribution in [-0.2, 0) is 33.3 Å². The molecule has 0 rings (SSSR count). The van der Waals surface area contributed by atoms with Crippen molar-refractivity contribution in [2.75, 3.05) is 19.8 Å². The molecule has 1 N–H and O–H groups in total. The number of hydrogen-bond donors (Lipinski definition) is 1. The molecule has 0 aromatic rings. The maximum atomic E-state index is 12.2. The molecular weight excluding hydrogens is 382 g/mol. The Morgan fingerprint density at radius 1 is 0.759 bits per heavy atom. The van der Waals surface area contributed by atoms with Crippen LogP contribution in [-0.4, -0.2) is 55.5 Å². The van der Waals surface area contributed by atoms with Crippen molar-refractivity contribution in [3.05, 3.63) is 36.5 Å². The first-order chi connectivity index (χ1) is 13.3. The van der Waals surface area contributed by atoms with E-state index in [2.05, 4.69) is 25.1 Å². The Bertz CT molecular complexity index is 619. The molecule has 0 unspecified atom stereocenters. The van der Waals surface area contributed by atoms with Crippen molar-refractivity contribution in [1.29, 1.82) is 0 Å². The summed E-state index contributed by atoms with van der Waals surface area (Å²) >= 11 is 0. The van der Waals surface area contributed by atoms with Crippen LogP contribution in [0.5, 0.6) is 0 Å². The van der Waals surface area contributed by atoms with Gasteiger partial charge in [-0.15, -0.1) is 0 Å². The molecule has 0 atom stereocenters. The Morgan fingerprint density at radius 3 is 1.31 bits per heavy atom. The number of rotatable bonds is 11. The molecule has 9 heteroatoms. The van der Waals surface area contributed by atoms with Gasteiger partial charge in [0.2, 0.25) is 5.60 Å². The smallest absolute Gasteiger partial charge is 0.408 e. The summed E-state index contributed by atoms with van der Waals surface area (Å²) in [7, 11) is 0. The highest BCUT2D eigenvalue weighted by atomic mass is 16.6. The second kappa shape index (κ2) is 11.7. The Morgan fingerprint density at radius 2 is 1.07 bits per heavy atom. The first-order valence-corrected chi connectivity index (χ1v) is 8.77. The predicted molar refractivity (Wildman–Crippen MR) is 105 cm³/mol. The summed E-state index contributed by atoms with van der Waals surface area (Å²) in [5, 5.41) is 2.49. The highest BCUT2D eigenvalue weighted by Crippen LogP contribution is 2.17. The number of nitrogens with one attached hydrogen (secondary N) is 1. The van der Waals surface area contributed by atoms with Gasteiger partial charge in [0, 0.05) is 22.8 Å². The van der Waals surface area contributed by atoms with E-state index in [0.717, 1.165) is 0 Å². The van der Waals surface area contributed by atoms with Gasteiger partial charge in [-0.05, 0) is 34.6 Å². The fraction of sp³-hybridized carbons (Fsp3) is 0.500. The van der Waals surface area contributed by atoms with Crippen molar-refractivity contribution in [2.45, 2.75) is 46.3 Å². The molecule has 0 aliphatic rings. The fourth-order valence-electron chi connectivity index (χ4n) is 1.64. The van der Waals surface area contributed by atoms with E-state index in [0.29, 0.717) is 0 Å². The third-order valence-corrected chi connectivity index (χ3v) is 3.16. The van der Waals surface area contributed by atoms with E-state index in [-0.39, 0.29) is 22.8 Å². The van der Waals surface area contributed by atoms with Gasteiger partial charge >= 0.3 is 24.0 Å². The van der Waals surface area contributed by atoms with E-state index in [1.165, 1.54) is 20.8 Å². The number of alkyl carbamates (subject to hydrolysis) is 1. The molecule has 0 saturated heterocycles. The Balaban J connectivity index is 5.73. The molecule has 162 valence electrons. The zero-order valence-electron chi connectivity index (χ0n) is 17.6. The monoisotopic (exact) mass is 411 g/mol. The van der Waals surface area contributed by atoms with Crippen molar-refractivity contribution in [1.82, 2.24) is 5.32 Å². The van der Waals surface area contributed by atoms with E-state index >= 15 is 0 Å². The van der Waals surface area contributed by atoms with Crippen LogP contribution in [0.15, 0.2) is 36.5 Å². The molecule has 1 amide bonds. The molecule has 0 spiro atoms. The van der Waals surface area contributed by atoms with Gasteiger partial charge in [0.15, 0.2) is 0 Å². The topological polar surface area (TPSA) is 117 Å². The van der Waals surface area contributed by atoms with Gasteiger partial charge in [-0.25, -0.2) is 19.2 Å². The van der Waals surface area contributed by atoms with Crippen molar-refractivity contribution < 1.29 is 38.1 Å². The number of hydrogen-bond acceptors (Lipinski definition) is 8. The number of ether oxygens (including phenoxy) is 4. The normalized spacial score (nSPS) is 10.6. The van der Waals surface area contributed by atoms with Gasteiger partial charge in [0.05, 0.1) is 0 Å². The van der Waals surface area contributed by atoms with Crippen LogP contribution in [0.1, 0.15) is 34.6 Å². The van der Waals surface area contributed by atoms with Gasteiger partial charge < -0.3 is 24.3 Å². The SMILES string of the molecule is C=C(C)C(=O)OCC(COC(=O)C(=C)C)(COC(=O)C(=C)C)OC(=O)NC(C)C. The summed E-state index contributed by atoms with van der Waals surface area (Å²) in [6.07, 6.45) is -0.885. The zero-order valence-corrected chi connectivity index (χ0v) is 17.6. The number of esters is 3. The maximum absolute atomic E-state index is 12.2. The molecule has 0 bridgehead atoms. The van der Waals surface area contributed by atoms with E-state index in [9.17, 15) is 19.2 Å². The lowest BCUT2D eigenvalue weighted by Crippen LogP contribution is -2.52. The maximum Gasteiger partial charge on any atom is 0.408 e. The lowest BCUT2D eigenvalue weighted by Gasteiger charge is -2.32. The molecule has 0 radical (unpaired) electrons. The fourth-order valence-corrected chi connectivity index (χ4v) is 1.64. The van der Waals surface area contributed by atoms with E-state index in [1.54, 1.807) is 13.8 Å². The van der Waals surface area contributed by atoms with Crippen LogP contribution in [0.2, 0.25) is 0 Å². The first kappa shape index (κ1) is 25.9. The minimum Gasteiger partial charge on any atom is -0.458 e. The van der Waals surface area contributed by atoms with Crippen molar-refractivity contribution >= 4 is 24.0 Å². The average molecular weight is 411 g/mol. The molecule has 0 aliphatic carbocycles. The van der Waals surface area contributed by atoms with Gasteiger partial charge in [-0.2, -0.15) is 0 Å². The van der Waals surface area contributed by atoms with E-state index in [4.69, 9.17) is 18.9 Å². The lowest BCUT2D eigenvalue weighted by atomic mass is 10.1. The van der Waals surface area contributed by atoms with Crippen LogP contribution in [0.4, 0.5) is 4.79 Å². The zero-order chi connectivity index (χ0) is 22.8. The van der Waals surface area contributed by atoms with Crippen LogP contribution in [0.25, 0.3) is 0 Å². The standard InChI is InChI=1S/C20H29NO8/c1-12(2)16(22)26-9-20(10-27-17(23)13(3)4,11-28-18(24)14(5)6)29-19(25)21-15(7)8/h15H,1,3,5,9-11H2,2,4,6-8H3,(H,21,25). The lowest BCUT2D eigenvalue weighted by molar-refractivity contribution is -0.171. The van der Waals surface area contributed by atoms with Gasteiger partial charge in [-0.3, -0.25) is 0 Å². The quantitative estimate of drug-likeness (QED) is 0.312. The van der Waals surface area contributed by atoms with E-state index in [1.807, 2.05) is 0 Å². The summed E-state index contributed by atoms with van der Waals surface area (Å²) in [5.41, 5.74) is -1.50. The minimum absolute atomic E-state index is 0.100. The van der Waals surface area contributed by atoms with Crippen LogP contribution in [0, 0.1) is 0 Å². The van der Waals surface area contributed by atoms with Crippen LogP contribution < -0.4 is 5.32 Å². The Hall–Kier alpha value is -3.10. The van der Waals surface area contributed by atoms with Gasteiger partial charge in [0.25, 0.3) is 0 Å². The molecule has 9 nitrogen and oxygen atoms in total. The molecule has 29 heavy (non-hydrogen) atoms. The van der Waals surface area contributed by atoms with Gasteiger partial charge in [-0.1, -0.05) is 19.7 Å².